The van der Waals surface area contributed by atoms with Gasteiger partial charge in [-0.1, -0.05) is 0 Å². The fraction of sp³-hybridized carbons (Fsp3) is 0.0909. The van der Waals surface area contributed by atoms with Crippen LogP contribution in [0, 0.1) is 10.5 Å². The first-order chi connectivity index (χ1) is 9.31. The second-order valence-electron chi connectivity index (χ2n) is 3.84. The van der Waals surface area contributed by atoms with Gasteiger partial charge in [-0.05, 0) is 65.3 Å². The molecule has 0 spiro atoms. The van der Waals surface area contributed by atoms with Gasteiger partial charge in [0.2, 0.25) is 0 Å². The zero-order valence-corrected chi connectivity index (χ0v) is 13.9. The number of benzene rings is 1. The van der Waals surface area contributed by atoms with E-state index in [2.05, 4.69) is 31.7 Å². The largest absolute Gasteiger partial charge is 0.478 e. The number of rotatable bonds is 4. The van der Waals surface area contributed by atoms with Crippen LogP contribution in [-0.2, 0) is 10.0 Å². The Morgan fingerprint density at radius 2 is 1.95 bits per heavy atom. The highest BCUT2D eigenvalue weighted by Crippen LogP contribution is 2.27. The lowest BCUT2D eigenvalue weighted by atomic mass is 10.2. The Kier molecular flexibility index (Phi) is 4.30. The molecule has 1 aromatic heterocycles. The smallest absolute Gasteiger partial charge is 0.340 e. The third-order valence-electron chi connectivity index (χ3n) is 2.43. The van der Waals surface area contributed by atoms with Crippen LogP contribution >= 0.6 is 34.1 Å². The maximum Gasteiger partial charge on any atom is 0.340 e. The highest BCUT2D eigenvalue weighted by Gasteiger charge is 2.22. The lowest BCUT2D eigenvalue weighted by molar-refractivity contribution is 0.0697. The van der Waals surface area contributed by atoms with Crippen molar-refractivity contribution in [3.8, 4) is 0 Å². The molecule has 6 nitrogen and oxygen atoms in total. The van der Waals surface area contributed by atoms with Gasteiger partial charge in [0, 0.05) is 3.57 Å². The molecule has 2 N–H and O–H groups in total. The van der Waals surface area contributed by atoms with E-state index in [0.29, 0.717) is 0 Å². The highest BCUT2D eigenvalue weighted by molar-refractivity contribution is 14.1. The number of nitrogens with one attached hydrogen (secondary N) is 1. The Bertz CT molecular complexity index is 753. The van der Waals surface area contributed by atoms with Gasteiger partial charge in [0.1, 0.15) is 10.6 Å². The number of aromatic nitrogens is 1. The van der Waals surface area contributed by atoms with Crippen LogP contribution in [-0.4, -0.2) is 23.9 Å². The molecule has 2 aromatic rings. The molecule has 0 unspecified atom stereocenters. The summed E-state index contributed by atoms with van der Waals surface area (Å²) in [6, 6.07) is 6.23. The van der Waals surface area contributed by atoms with Crippen LogP contribution in [0.4, 0.5) is 5.00 Å². The minimum absolute atomic E-state index is 0.00792. The van der Waals surface area contributed by atoms with E-state index in [4.69, 9.17) is 5.11 Å². The summed E-state index contributed by atoms with van der Waals surface area (Å²) in [5, 5.41) is 9.08. The number of sulfonamides is 1. The molecule has 0 amide bonds. The molecule has 2 rings (SSSR count). The number of hydrogen-bond donors (Lipinski definition) is 2. The van der Waals surface area contributed by atoms with Gasteiger partial charge in [-0.25, -0.2) is 13.2 Å². The summed E-state index contributed by atoms with van der Waals surface area (Å²) in [6.45, 7) is 1.52. The molecule has 0 aliphatic carbocycles. The van der Waals surface area contributed by atoms with Crippen LogP contribution < -0.4 is 4.72 Å². The van der Waals surface area contributed by atoms with E-state index in [0.717, 1.165) is 15.1 Å². The fourth-order valence-electron chi connectivity index (χ4n) is 1.49. The van der Waals surface area contributed by atoms with E-state index in [1.807, 2.05) is 0 Å². The Hall–Kier alpha value is -1.20. The summed E-state index contributed by atoms with van der Waals surface area (Å²) < 4.78 is 31.4. The minimum Gasteiger partial charge on any atom is -0.478 e. The lowest BCUT2D eigenvalue weighted by Crippen LogP contribution is -2.14. The van der Waals surface area contributed by atoms with Gasteiger partial charge in [0.25, 0.3) is 10.0 Å². The predicted molar refractivity (Wildman–Crippen MR) is 83.8 cm³/mol. The SMILES string of the molecule is Cc1nsc(NS(=O)(=O)c2ccc(I)cc2)c1C(=O)O. The van der Waals surface area contributed by atoms with E-state index in [1.165, 1.54) is 19.1 Å². The van der Waals surface area contributed by atoms with E-state index < -0.39 is 16.0 Å². The molecule has 9 heteroatoms. The maximum absolute atomic E-state index is 12.2. The van der Waals surface area contributed by atoms with Gasteiger partial charge >= 0.3 is 5.97 Å². The Morgan fingerprint density at radius 1 is 1.35 bits per heavy atom. The van der Waals surface area contributed by atoms with E-state index >= 15 is 0 Å². The van der Waals surface area contributed by atoms with Crippen molar-refractivity contribution in [2.75, 3.05) is 4.72 Å². The molecule has 0 bridgehead atoms. The molecular formula is C11H9IN2O4S2. The lowest BCUT2D eigenvalue weighted by Gasteiger charge is -2.06. The van der Waals surface area contributed by atoms with Crippen molar-refractivity contribution in [2.45, 2.75) is 11.8 Å². The number of aryl methyl sites for hydroxylation is 1. The molecule has 0 radical (unpaired) electrons. The Balaban J connectivity index is 2.38. The van der Waals surface area contributed by atoms with Crippen LogP contribution in [0.25, 0.3) is 0 Å². The number of halogens is 1. The summed E-state index contributed by atoms with van der Waals surface area (Å²) in [4.78, 5) is 11.2. The van der Waals surface area contributed by atoms with Gasteiger partial charge in [0.15, 0.2) is 0 Å². The first kappa shape index (κ1) is 15.2. The number of hydrogen-bond acceptors (Lipinski definition) is 5. The van der Waals surface area contributed by atoms with Gasteiger partial charge in [-0.3, -0.25) is 4.72 Å². The van der Waals surface area contributed by atoms with Crippen LogP contribution in [0.5, 0.6) is 0 Å². The first-order valence-corrected chi connectivity index (χ1v) is 8.63. The quantitative estimate of drug-likeness (QED) is 0.736. The molecule has 106 valence electrons. The van der Waals surface area contributed by atoms with Crippen LogP contribution in [0.2, 0.25) is 0 Å². The number of carboxylic acid groups (broad SMARTS) is 1. The molecule has 0 aliphatic heterocycles. The summed E-state index contributed by atoms with van der Waals surface area (Å²) in [6.07, 6.45) is 0. The van der Waals surface area contributed by atoms with Gasteiger partial charge in [0.05, 0.1) is 10.6 Å². The molecular weight excluding hydrogens is 415 g/mol. The van der Waals surface area contributed by atoms with Crippen molar-refractivity contribution in [1.29, 1.82) is 0 Å². The van der Waals surface area contributed by atoms with Crippen molar-refractivity contribution in [3.63, 3.8) is 0 Å². The molecule has 1 aromatic carbocycles. The second-order valence-corrected chi connectivity index (χ2v) is 7.54. The van der Waals surface area contributed by atoms with Crippen LogP contribution in [0.1, 0.15) is 16.1 Å². The highest BCUT2D eigenvalue weighted by atomic mass is 127. The van der Waals surface area contributed by atoms with Crippen LogP contribution in [0.15, 0.2) is 29.2 Å². The predicted octanol–water partition coefficient (Wildman–Crippen LogP) is 2.56. The number of carbonyl (C=O) groups is 1. The molecule has 0 saturated heterocycles. The standard InChI is InChI=1S/C11H9IN2O4S2/c1-6-9(11(15)16)10(19-13-6)14-20(17,18)8-4-2-7(12)3-5-8/h2-5,14H,1H3,(H,15,16). The topological polar surface area (TPSA) is 96.4 Å². The Labute approximate surface area is 133 Å². The van der Waals surface area contributed by atoms with Crippen molar-refractivity contribution in [3.05, 3.63) is 39.1 Å². The molecule has 1 heterocycles. The third kappa shape index (κ3) is 3.10. The molecule has 0 atom stereocenters. The van der Waals surface area contributed by atoms with Gasteiger partial charge in [-0.2, -0.15) is 4.37 Å². The average Bonchev–Trinajstić information content (AvgIpc) is 2.70. The second kappa shape index (κ2) is 5.66. The summed E-state index contributed by atoms with van der Waals surface area (Å²) in [5.41, 5.74) is 0.159. The van der Waals surface area contributed by atoms with Crippen molar-refractivity contribution in [2.24, 2.45) is 0 Å². The zero-order valence-electron chi connectivity index (χ0n) is 10.1. The van der Waals surface area contributed by atoms with Crippen LogP contribution in [0.3, 0.4) is 0 Å². The monoisotopic (exact) mass is 424 g/mol. The first-order valence-electron chi connectivity index (χ1n) is 5.29. The van der Waals surface area contributed by atoms with Crippen molar-refractivity contribution in [1.82, 2.24) is 4.37 Å². The average molecular weight is 424 g/mol. The molecule has 0 aliphatic rings. The molecule has 0 saturated carbocycles. The normalized spacial score (nSPS) is 11.3. The van der Waals surface area contributed by atoms with Crippen molar-refractivity contribution >= 4 is 55.1 Å². The molecule has 0 fully saturated rings. The summed E-state index contributed by atoms with van der Waals surface area (Å²) in [7, 11) is -3.82. The van der Waals surface area contributed by atoms with Crippen molar-refractivity contribution < 1.29 is 18.3 Å². The van der Waals surface area contributed by atoms with E-state index in [1.54, 1.807) is 12.1 Å². The molecule has 20 heavy (non-hydrogen) atoms. The number of carboxylic acids is 1. The van der Waals surface area contributed by atoms with Gasteiger partial charge < -0.3 is 5.11 Å². The van der Waals surface area contributed by atoms with E-state index in [9.17, 15) is 13.2 Å². The number of anilines is 1. The summed E-state index contributed by atoms with van der Waals surface area (Å²) in [5.74, 6) is -1.21. The number of nitrogens with zero attached hydrogens (tertiary/aromatic N) is 1. The fourth-order valence-corrected chi connectivity index (χ4v) is 3.93. The van der Waals surface area contributed by atoms with E-state index in [-0.39, 0.29) is 21.2 Å². The maximum atomic E-state index is 12.2. The van der Waals surface area contributed by atoms with Gasteiger partial charge in [-0.15, -0.1) is 0 Å². The number of aromatic carboxylic acids is 1. The Morgan fingerprint density at radius 3 is 2.50 bits per heavy atom. The minimum atomic E-state index is -3.82. The zero-order chi connectivity index (χ0) is 14.9. The summed E-state index contributed by atoms with van der Waals surface area (Å²) >= 11 is 2.87. The third-order valence-corrected chi connectivity index (χ3v) is 5.50.